The molecule has 0 atom stereocenters. The van der Waals surface area contributed by atoms with E-state index in [1.165, 1.54) is 0 Å². The second-order valence-electron chi connectivity index (χ2n) is 4.61. The lowest BCUT2D eigenvalue weighted by atomic mass is 10.2. The van der Waals surface area contributed by atoms with Crippen LogP contribution in [-0.2, 0) is 6.61 Å². The van der Waals surface area contributed by atoms with E-state index in [1.54, 1.807) is 12.1 Å². The van der Waals surface area contributed by atoms with Crippen molar-refractivity contribution >= 4 is 37.8 Å². The van der Waals surface area contributed by atoms with Gasteiger partial charge in [0.2, 0.25) is 0 Å². The van der Waals surface area contributed by atoms with Gasteiger partial charge in [-0.15, -0.1) is 0 Å². The van der Waals surface area contributed by atoms with Crippen molar-refractivity contribution < 1.29 is 14.3 Å². The number of hydrogen-bond donors (Lipinski definition) is 2. The summed E-state index contributed by atoms with van der Waals surface area (Å²) in [6.07, 6.45) is 0. The van der Waals surface area contributed by atoms with Crippen LogP contribution >= 0.6 is 31.9 Å². The Balaban J connectivity index is 2.25. The third-order valence-corrected chi connectivity index (χ3v) is 4.12. The first-order valence-corrected chi connectivity index (χ1v) is 8.48. The van der Waals surface area contributed by atoms with Gasteiger partial charge in [0.15, 0.2) is 11.5 Å². The maximum atomic E-state index is 11.7. The minimum absolute atomic E-state index is 0.383. The van der Waals surface area contributed by atoms with E-state index in [-0.39, 0.29) is 0 Å². The van der Waals surface area contributed by atoms with Crippen LogP contribution in [0.2, 0.25) is 0 Å². The minimum Gasteiger partial charge on any atom is -0.490 e. The third kappa shape index (κ3) is 4.70. The van der Waals surface area contributed by atoms with Gasteiger partial charge in [0.1, 0.15) is 6.61 Å². The molecule has 0 aliphatic heterocycles. The summed E-state index contributed by atoms with van der Waals surface area (Å²) in [6.45, 7) is 2.70. The van der Waals surface area contributed by atoms with Gasteiger partial charge in [0, 0.05) is 10.0 Å². The van der Waals surface area contributed by atoms with Crippen molar-refractivity contribution in [3.63, 3.8) is 0 Å². The largest absolute Gasteiger partial charge is 0.490 e. The Kier molecular flexibility index (Phi) is 6.44. The number of benzene rings is 2. The van der Waals surface area contributed by atoms with Gasteiger partial charge in [-0.3, -0.25) is 10.2 Å². The van der Waals surface area contributed by atoms with Crippen LogP contribution in [0.15, 0.2) is 45.3 Å². The number of nitrogen functional groups attached to an aromatic ring is 1. The van der Waals surface area contributed by atoms with Crippen LogP contribution in [0.5, 0.6) is 11.5 Å². The monoisotopic (exact) mass is 442 g/mol. The highest BCUT2D eigenvalue weighted by Crippen LogP contribution is 2.37. The van der Waals surface area contributed by atoms with E-state index in [4.69, 9.17) is 15.3 Å². The van der Waals surface area contributed by atoms with Gasteiger partial charge < -0.3 is 9.47 Å². The summed E-state index contributed by atoms with van der Waals surface area (Å²) in [5.41, 5.74) is 3.51. The average Bonchev–Trinajstić information content (AvgIpc) is 2.55. The van der Waals surface area contributed by atoms with Gasteiger partial charge in [0.25, 0.3) is 5.91 Å². The zero-order valence-corrected chi connectivity index (χ0v) is 15.6. The van der Waals surface area contributed by atoms with E-state index in [9.17, 15) is 4.79 Å². The first kappa shape index (κ1) is 17.8. The minimum atomic E-state index is -0.397. The molecule has 2 rings (SSSR count). The van der Waals surface area contributed by atoms with Crippen LogP contribution in [0.4, 0.5) is 0 Å². The van der Waals surface area contributed by atoms with Crippen LogP contribution in [0.1, 0.15) is 22.8 Å². The number of ether oxygens (including phenoxy) is 2. The fourth-order valence-electron chi connectivity index (χ4n) is 1.92. The average molecular weight is 444 g/mol. The van der Waals surface area contributed by atoms with Gasteiger partial charge in [-0.1, -0.05) is 28.1 Å². The van der Waals surface area contributed by atoms with Crippen molar-refractivity contribution in [1.82, 2.24) is 5.43 Å². The number of rotatable bonds is 6. The van der Waals surface area contributed by atoms with E-state index in [1.807, 2.05) is 31.2 Å². The molecule has 0 radical (unpaired) electrons. The smallest absolute Gasteiger partial charge is 0.265 e. The molecule has 0 aliphatic carbocycles. The maximum absolute atomic E-state index is 11.7. The van der Waals surface area contributed by atoms with Gasteiger partial charge in [-0.25, -0.2) is 5.84 Å². The maximum Gasteiger partial charge on any atom is 0.265 e. The molecule has 122 valence electrons. The van der Waals surface area contributed by atoms with Gasteiger partial charge in [-0.2, -0.15) is 0 Å². The number of hydrogen-bond acceptors (Lipinski definition) is 4. The molecular weight excluding hydrogens is 428 g/mol. The highest BCUT2D eigenvalue weighted by molar-refractivity contribution is 9.10. The summed E-state index contributed by atoms with van der Waals surface area (Å²) in [4.78, 5) is 11.7. The van der Waals surface area contributed by atoms with E-state index in [0.717, 1.165) is 10.0 Å². The molecule has 0 heterocycles. The summed E-state index contributed by atoms with van der Waals surface area (Å²) >= 11 is 6.81. The Morgan fingerprint density at radius 2 is 1.87 bits per heavy atom. The summed E-state index contributed by atoms with van der Waals surface area (Å²) in [7, 11) is 0. The molecule has 0 saturated heterocycles. The van der Waals surface area contributed by atoms with Crippen molar-refractivity contribution in [2.45, 2.75) is 13.5 Å². The van der Waals surface area contributed by atoms with Crippen LogP contribution in [0, 0.1) is 0 Å². The Morgan fingerprint density at radius 1 is 1.17 bits per heavy atom. The number of carbonyl (C=O) groups excluding carboxylic acids is 1. The van der Waals surface area contributed by atoms with Crippen molar-refractivity contribution in [3.05, 3.63) is 56.5 Å². The number of amides is 1. The lowest BCUT2D eigenvalue weighted by Gasteiger charge is -2.15. The molecule has 0 unspecified atom stereocenters. The van der Waals surface area contributed by atoms with Crippen LogP contribution in [0.3, 0.4) is 0 Å². The molecule has 1 amide bonds. The summed E-state index contributed by atoms with van der Waals surface area (Å²) in [5.74, 6) is 5.80. The molecule has 0 fully saturated rings. The van der Waals surface area contributed by atoms with Crippen LogP contribution in [0.25, 0.3) is 0 Å². The van der Waals surface area contributed by atoms with Crippen molar-refractivity contribution in [1.29, 1.82) is 0 Å². The van der Waals surface area contributed by atoms with Gasteiger partial charge >= 0.3 is 0 Å². The number of hydrazine groups is 1. The molecule has 0 aromatic heterocycles. The molecule has 3 N–H and O–H groups in total. The molecule has 0 saturated carbocycles. The van der Waals surface area contributed by atoms with E-state index in [2.05, 4.69) is 37.3 Å². The van der Waals surface area contributed by atoms with E-state index < -0.39 is 5.91 Å². The summed E-state index contributed by atoms with van der Waals surface area (Å²) in [5, 5.41) is 0. The number of halogens is 2. The van der Waals surface area contributed by atoms with Gasteiger partial charge in [-0.05, 0) is 52.7 Å². The normalized spacial score (nSPS) is 10.3. The Labute approximate surface area is 151 Å². The molecule has 7 heteroatoms. The SMILES string of the molecule is CCOc1cc(C(=O)NN)cc(Br)c1OCc1ccc(Br)cc1. The van der Waals surface area contributed by atoms with Crippen LogP contribution < -0.4 is 20.7 Å². The zero-order chi connectivity index (χ0) is 16.8. The van der Waals surface area contributed by atoms with Gasteiger partial charge in [0.05, 0.1) is 11.1 Å². The lowest BCUT2D eigenvalue weighted by molar-refractivity contribution is 0.0953. The number of nitrogens with two attached hydrogens (primary N) is 1. The van der Waals surface area contributed by atoms with Crippen molar-refractivity contribution in [3.8, 4) is 11.5 Å². The molecule has 5 nitrogen and oxygen atoms in total. The molecule has 0 aliphatic rings. The summed E-state index contributed by atoms with van der Waals surface area (Å²) in [6, 6.07) is 11.1. The highest BCUT2D eigenvalue weighted by Gasteiger charge is 2.15. The topological polar surface area (TPSA) is 73.6 Å². The molecule has 2 aromatic rings. The molecule has 0 spiro atoms. The number of carbonyl (C=O) groups is 1. The molecular formula is C16H16Br2N2O3. The zero-order valence-electron chi connectivity index (χ0n) is 12.4. The standard InChI is InChI=1S/C16H16Br2N2O3/c1-2-22-14-8-11(16(21)20-19)7-13(18)15(14)23-9-10-3-5-12(17)6-4-10/h3-8H,2,9,19H2,1H3,(H,20,21). The van der Waals surface area contributed by atoms with Crippen molar-refractivity contribution in [2.75, 3.05) is 6.61 Å². The fraction of sp³-hybridized carbons (Fsp3) is 0.188. The Morgan fingerprint density at radius 3 is 2.48 bits per heavy atom. The molecule has 23 heavy (non-hydrogen) atoms. The lowest BCUT2D eigenvalue weighted by Crippen LogP contribution is -2.30. The first-order chi connectivity index (χ1) is 11.0. The Bertz CT molecular complexity index is 690. The predicted octanol–water partition coefficient (Wildman–Crippen LogP) is 3.79. The van der Waals surface area contributed by atoms with E-state index >= 15 is 0 Å². The first-order valence-electron chi connectivity index (χ1n) is 6.89. The van der Waals surface area contributed by atoms with E-state index in [0.29, 0.717) is 34.7 Å². The van der Waals surface area contributed by atoms with Crippen molar-refractivity contribution in [2.24, 2.45) is 5.84 Å². The summed E-state index contributed by atoms with van der Waals surface area (Å²) < 4.78 is 13.1. The highest BCUT2D eigenvalue weighted by atomic mass is 79.9. The Hall–Kier alpha value is -1.57. The third-order valence-electron chi connectivity index (χ3n) is 3.00. The second kappa shape index (κ2) is 8.33. The predicted molar refractivity (Wildman–Crippen MR) is 95.4 cm³/mol. The quantitative estimate of drug-likeness (QED) is 0.404. The van der Waals surface area contributed by atoms with Crippen LogP contribution in [-0.4, -0.2) is 12.5 Å². The molecule has 2 aromatic carbocycles. The fourth-order valence-corrected chi connectivity index (χ4v) is 2.74. The number of nitrogens with one attached hydrogen (secondary N) is 1. The second-order valence-corrected chi connectivity index (χ2v) is 6.38. The molecule has 0 bridgehead atoms.